The maximum Gasteiger partial charge on any atom is 0.220 e. The van der Waals surface area contributed by atoms with Crippen LogP contribution in [0.25, 0.3) is 0 Å². The Kier molecular flexibility index (Phi) is 7.22. The minimum atomic E-state index is 0.0436. The summed E-state index contributed by atoms with van der Waals surface area (Å²) in [4.78, 5) is 12.1. The molecule has 1 aromatic heterocycles. The first-order valence-electron chi connectivity index (χ1n) is 8.84. The van der Waals surface area contributed by atoms with Gasteiger partial charge in [0.1, 0.15) is 5.75 Å². The highest BCUT2D eigenvalue weighted by atomic mass is 16.5. The fourth-order valence-electron chi connectivity index (χ4n) is 2.93. The van der Waals surface area contributed by atoms with Crippen LogP contribution in [0.4, 0.5) is 0 Å². The van der Waals surface area contributed by atoms with E-state index in [-0.39, 0.29) is 5.91 Å². The van der Waals surface area contributed by atoms with Crippen LogP contribution in [0.2, 0.25) is 0 Å². The molecule has 0 spiro atoms. The molecule has 0 fully saturated rings. The van der Waals surface area contributed by atoms with Gasteiger partial charge >= 0.3 is 0 Å². The quantitative estimate of drug-likeness (QED) is 0.751. The first-order chi connectivity index (χ1) is 12.5. The second-order valence-corrected chi connectivity index (χ2v) is 6.23. The Bertz CT molecular complexity index is 772. The minimum Gasteiger partial charge on any atom is -0.497 e. The minimum absolute atomic E-state index is 0.0436. The summed E-state index contributed by atoms with van der Waals surface area (Å²) in [5.41, 5.74) is 4.25. The molecule has 0 saturated carbocycles. The van der Waals surface area contributed by atoms with Gasteiger partial charge in [0.15, 0.2) is 0 Å². The highest BCUT2D eigenvalue weighted by Gasteiger charge is 2.12. The molecule has 2 rings (SSSR count). The maximum atomic E-state index is 12.1. The van der Waals surface area contributed by atoms with Crippen molar-refractivity contribution in [3.63, 3.8) is 0 Å². The molecule has 0 atom stereocenters. The number of amides is 1. The number of carbonyl (C=O) groups is 1. The van der Waals surface area contributed by atoms with Crippen LogP contribution in [-0.4, -0.2) is 29.3 Å². The summed E-state index contributed by atoms with van der Waals surface area (Å²) in [5, 5.41) is 16.1. The molecule has 1 heterocycles. The number of hydrogen-bond acceptors (Lipinski definition) is 4. The van der Waals surface area contributed by atoms with Gasteiger partial charge in [0.25, 0.3) is 0 Å². The number of nitrogens with one attached hydrogen (secondary N) is 1. The lowest BCUT2D eigenvalue weighted by atomic mass is 10.1. The third-order valence-corrected chi connectivity index (χ3v) is 4.46. The normalized spacial score (nSPS) is 10.4. The van der Waals surface area contributed by atoms with Crippen LogP contribution in [0, 0.1) is 25.2 Å². The smallest absolute Gasteiger partial charge is 0.220 e. The van der Waals surface area contributed by atoms with Crippen LogP contribution in [0.1, 0.15) is 35.4 Å². The van der Waals surface area contributed by atoms with E-state index in [0.717, 1.165) is 34.7 Å². The van der Waals surface area contributed by atoms with Crippen molar-refractivity contribution in [1.29, 1.82) is 5.26 Å². The molecule has 26 heavy (non-hydrogen) atoms. The summed E-state index contributed by atoms with van der Waals surface area (Å²) in [6, 6.07) is 9.99. The fourth-order valence-corrected chi connectivity index (χ4v) is 2.93. The van der Waals surface area contributed by atoms with Gasteiger partial charge in [0, 0.05) is 18.7 Å². The number of nitrogens with zero attached hydrogens (tertiary/aromatic N) is 3. The van der Waals surface area contributed by atoms with E-state index in [1.54, 1.807) is 7.11 Å². The summed E-state index contributed by atoms with van der Waals surface area (Å²) in [6.07, 6.45) is 2.33. The van der Waals surface area contributed by atoms with Gasteiger partial charge in [-0.2, -0.15) is 10.4 Å². The number of nitriles is 1. The monoisotopic (exact) mass is 354 g/mol. The number of carbonyl (C=O) groups excluding carboxylic acids is 1. The molecule has 1 amide bonds. The van der Waals surface area contributed by atoms with E-state index in [2.05, 4.69) is 16.5 Å². The average molecular weight is 354 g/mol. The molecule has 0 aliphatic carbocycles. The van der Waals surface area contributed by atoms with Gasteiger partial charge in [-0.05, 0) is 49.9 Å². The molecule has 1 aromatic carbocycles. The second kappa shape index (κ2) is 9.62. The van der Waals surface area contributed by atoms with Crippen molar-refractivity contribution in [2.45, 2.75) is 46.1 Å². The van der Waals surface area contributed by atoms with Gasteiger partial charge < -0.3 is 10.1 Å². The average Bonchev–Trinajstić information content (AvgIpc) is 2.92. The number of aryl methyl sites for hydroxylation is 2. The molecule has 0 radical (unpaired) electrons. The van der Waals surface area contributed by atoms with E-state index in [1.165, 1.54) is 0 Å². The third kappa shape index (κ3) is 5.35. The van der Waals surface area contributed by atoms with Crippen LogP contribution < -0.4 is 10.1 Å². The van der Waals surface area contributed by atoms with Gasteiger partial charge in [0.2, 0.25) is 5.91 Å². The Hall–Kier alpha value is -2.81. The highest BCUT2D eigenvalue weighted by Crippen LogP contribution is 2.15. The highest BCUT2D eigenvalue weighted by molar-refractivity contribution is 5.76. The predicted molar refractivity (Wildman–Crippen MR) is 100.0 cm³/mol. The fraction of sp³-hybridized carbons (Fsp3) is 0.450. The topological polar surface area (TPSA) is 79.9 Å². The van der Waals surface area contributed by atoms with E-state index < -0.39 is 0 Å². The van der Waals surface area contributed by atoms with Crippen LogP contribution >= 0.6 is 0 Å². The number of rotatable bonds is 9. The Morgan fingerprint density at radius 2 is 2.00 bits per heavy atom. The summed E-state index contributed by atoms with van der Waals surface area (Å²) >= 11 is 0. The molecule has 0 unspecified atom stereocenters. The molecule has 2 aromatic rings. The Balaban J connectivity index is 1.78. The summed E-state index contributed by atoms with van der Waals surface area (Å²) < 4.78 is 6.99. The number of ether oxygens (including phenoxy) is 1. The zero-order valence-electron chi connectivity index (χ0n) is 15.7. The summed E-state index contributed by atoms with van der Waals surface area (Å²) in [6.45, 7) is 5.16. The zero-order chi connectivity index (χ0) is 18.9. The van der Waals surface area contributed by atoms with Gasteiger partial charge in [0.05, 0.1) is 31.8 Å². The van der Waals surface area contributed by atoms with Crippen LogP contribution in [-0.2, 0) is 24.2 Å². The van der Waals surface area contributed by atoms with Crippen molar-refractivity contribution in [1.82, 2.24) is 15.1 Å². The molecule has 6 nitrogen and oxygen atoms in total. The molecule has 0 aliphatic rings. The van der Waals surface area contributed by atoms with Crippen LogP contribution in [0.5, 0.6) is 5.75 Å². The van der Waals surface area contributed by atoms with Gasteiger partial charge in [-0.15, -0.1) is 0 Å². The summed E-state index contributed by atoms with van der Waals surface area (Å²) in [7, 11) is 1.64. The van der Waals surface area contributed by atoms with Gasteiger partial charge in [-0.1, -0.05) is 12.1 Å². The van der Waals surface area contributed by atoms with Gasteiger partial charge in [-0.25, -0.2) is 0 Å². The molecule has 0 bridgehead atoms. The molecular weight excluding hydrogens is 328 g/mol. The van der Waals surface area contributed by atoms with E-state index in [4.69, 9.17) is 10.00 Å². The SMILES string of the molecule is COc1ccc(CCNC(=O)CCc2c(C)nn(CCC#N)c2C)cc1. The molecule has 1 N–H and O–H groups in total. The Morgan fingerprint density at radius 1 is 1.27 bits per heavy atom. The Morgan fingerprint density at radius 3 is 2.65 bits per heavy atom. The van der Waals surface area contributed by atoms with E-state index in [1.807, 2.05) is 42.8 Å². The molecule has 6 heteroatoms. The van der Waals surface area contributed by atoms with E-state index in [0.29, 0.717) is 32.4 Å². The van der Waals surface area contributed by atoms with Crippen molar-refractivity contribution in [2.24, 2.45) is 0 Å². The van der Waals surface area contributed by atoms with E-state index >= 15 is 0 Å². The molecular formula is C20H26N4O2. The first kappa shape index (κ1) is 19.5. The maximum absolute atomic E-state index is 12.1. The molecule has 0 saturated heterocycles. The number of methoxy groups -OCH3 is 1. The molecule has 138 valence electrons. The largest absolute Gasteiger partial charge is 0.497 e. The zero-order valence-corrected chi connectivity index (χ0v) is 15.7. The van der Waals surface area contributed by atoms with Crippen molar-refractivity contribution in [2.75, 3.05) is 13.7 Å². The lowest BCUT2D eigenvalue weighted by Gasteiger charge is -2.07. The first-order valence-corrected chi connectivity index (χ1v) is 8.84. The number of benzene rings is 1. The van der Waals surface area contributed by atoms with Crippen molar-refractivity contribution < 1.29 is 9.53 Å². The standard InChI is InChI=1S/C20H26N4O2/c1-15-19(16(2)24(23-15)14-4-12-21)9-10-20(25)22-13-11-17-5-7-18(26-3)8-6-17/h5-8H,4,9-11,13-14H2,1-3H3,(H,22,25). The second-order valence-electron chi connectivity index (χ2n) is 6.23. The lowest BCUT2D eigenvalue weighted by Crippen LogP contribution is -2.26. The lowest BCUT2D eigenvalue weighted by molar-refractivity contribution is -0.121. The van der Waals surface area contributed by atoms with Crippen molar-refractivity contribution in [3.05, 3.63) is 46.8 Å². The van der Waals surface area contributed by atoms with Crippen molar-refractivity contribution >= 4 is 5.91 Å². The van der Waals surface area contributed by atoms with Crippen LogP contribution in [0.3, 0.4) is 0 Å². The Labute approximate surface area is 154 Å². The molecule has 0 aliphatic heterocycles. The predicted octanol–water partition coefficient (Wildman–Crippen LogP) is 2.71. The van der Waals surface area contributed by atoms with E-state index in [9.17, 15) is 4.79 Å². The number of hydrogen-bond donors (Lipinski definition) is 1. The third-order valence-electron chi connectivity index (χ3n) is 4.46. The van der Waals surface area contributed by atoms with Crippen LogP contribution in [0.15, 0.2) is 24.3 Å². The summed E-state index contributed by atoms with van der Waals surface area (Å²) in [5.74, 6) is 0.876. The number of aromatic nitrogens is 2. The van der Waals surface area contributed by atoms with Gasteiger partial charge in [-0.3, -0.25) is 9.48 Å². The van der Waals surface area contributed by atoms with Crippen molar-refractivity contribution in [3.8, 4) is 11.8 Å².